The van der Waals surface area contributed by atoms with Gasteiger partial charge in [-0.05, 0) is 37.0 Å². The summed E-state index contributed by atoms with van der Waals surface area (Å²) in [5.41, 5.74) is 6.43. The fraction of sp³-hybridized carbons (Fsp3) is 0.583. The standard InChI is InChI=1S/C12H20ClN3S/c1-17-9-5-3-2-4-8-15-12-10(14)6-7-11(13)16-12/h6-7H,2-5,8-9,14H2,1H3,(H,15,16). The van der Waals surface area contributed by atoms with Gasteiger partial charge in [0.2, 0.25) is 0 Å². The van der Waals surface area contributed by atoms with Gasteiger partial charge >= 0.3 is 0 Å². The maximum absolute atomic E-state index is 5.81. The third-order valence-corrected chi connectivity index (χ3v) is 3.37. The van der Waals surface area contributed by atoms with E-state index in [-0.39, 0.29) is 0 Å². The predicted molar refractivity (Wildman–Crippen MR) is 79.0 cm³/mol. The summed E-state index contributed by atoms with van der Waals surface area (Å²) in [6, 6.07) is 3.47. The minimum absolute atomic E-state index is 0.474. The Balaban J connectivity index is 2.15. The second-order valence-corrected chi connectivity index (χ2v) is 5.28. The van der Waals surface area contributed by atoms with Crippen LogP contribution < -0.4 is 11.1 Å². The summed E-state index contributed by atoms with van der Waals surface area (Å²) in [6.45, 7) is 0.900. The molecule has 0 amide bonds. The van der Waals surface area contributed by atoms with Crippen molar-refractivity contribution in [2.24, 2.45) is 0 Å². The first-order chi connectivity index (χ1) is 8.24. The van der Waals surface area contributed by atoms with Gasteiger partial charge in [-0.2, -0.15) is 11.8 Å². The Hall–Kier alpha value is -0.610. The molecule has 0 saturated carbocycles. The normalized spacial score (nSPS) is 10.5. The number of aromatic nitrogens is 1. The molecule has 1 aromatic heterocycles. The lowest BCUT2D eigenvalue weighted by molar-refractivity contribution is 0.688. The maximum atomic E-state index is 5.81. The van der Waals surface area contributed by atoms with Crippen molar-refractivity contribution in [3.8, 4) is 0 Å². The van der Waals surface area contributed by atoms with Gasteiger partial charge in [0.1, 0.15) is 5.15 Å². The number of nitrogen functional groups attached to an aromatic ring is 1. The van der Waals surface area contributed by atoms with Crippen molar-refractivity contribution in [1.82, 2.24) is 4.98 Å². The number of anilines is 2. The number of unbranched alkanes of at least 4 members (excludes halogenated alkanes) is 3. The van der Waals surface area contributed by atoms with E-state index in [9.17, 15) is 0 Å². The lowest BCUT2D eigenvalue weighted by atomic mass is 10.2. The number of pyridine rings is 1. The van der Waals surface area contributed by atoms with E-state index in [1.165, 1.54) is 25.0 Å². The van der Waals surface area contributed by atoms with Gasteiger partial charge in [-0.15, -0.1) is 0 Å². The first-order valence-electron chi connectivity index (χ1n) is 5.89. The summed E-state index contributed by atoms with van der Waals surface area (Å²) in [4.78, 5) is 4.15. The van der Waals surface area contributed by atoms with E-state index < -0.39 is 0 Å². The molecule has 1 heterocycles. The molecule has 3 N–H and O–H groups in total. The monoisotopic (exact) mass is 273 g/mol. The number of thioether (sulfide) groups is 1. The Morgan fingerprint density at radius 3 is 2.82 bits per heavy atom. The Morgan fingerprint density at radius 2 is 2.06 bits per heavy atom. The molecule has 0 aliphatic carbocycles. The lowest BCUT2D eigenvalue weighted by Gasteiger charge is -2.08. The van der Waals surface area contributed by atoms with Crippen molar-refractivity contribution in [2.75, 3.05) is 29.6 Å². The summed E-state index contributed by atoms with van der Waals surface area (Å²) in [5.74, 6) is 1.96. The number of nitrogens with two attached hydrogens (primary N) is 1. The van der Waals surface area contributed by atoms with Crippen LogP contribution in [0.25, 0.3) is 0 Å². The number of rotatable bonds is 8. The second kappa shape index (κ2) is 8.48. The van der Waals surface area contributed by atoms with Crippen LogP contribution in [0.3, 0.4) is 0 Å². The van der Waals surface area contributed by atoms with Gasteiger partial charge in [-0.3, -0.25) is 0 Å². The number of nitrogens with one attached hydrogen (secondary N) is 1. The Kier molecular flexibility index (Phi) is 7.21. The molecule has 0 fully saturated rings. The molecular weight excluding hydrogens is 254 g/mol. The van der Waals surface area contributed by atoms with E-state index in [4.69, 9.17) is 17.3 Å². The van der Waals surface area contributed by atoms with Crippen molar-refractivity contribution in [1.29, 1.82) is 0 Å². The van der Waals surface area contributed by atoms with Crippen LogP contribution in [0.1, 0.15) is 25.7 Å². The molecule has 0 aliphatic heterocycles. The van der Waals surface area contributed by atoms with Crippen LogP contribution in [0.4, 0.5) is 11.5 Å². The fourth-order valence-corrected chi connectivity index (χ4v) is 2.16. The van der Waals surface area contributed by atoms with E-state index in [0.717, 1.165) is 13.0 Å². The molecule has 0 unspecified atom stereocenters. The number of hydrogen-bond donors (Lipinski definition) is 2. The minimum atomic E-state index is 0.474. The molecule has 1 aromatic rings. The minimum Gasteiger partial charge on any atom is -0.396 e. The average Bonchev–Trinajstić information content (AvgIpc) is 2.32. The Labute approximate surface area is 113 Å². The Bertz CT molecular complexity index is 334. The van der Waals surface area contributed by atoms with Crippen LogP contribution in [0.5, 0.6) is 0 Å². The summed E-state index contributed by atoms with van der Waals surface area (Å²) in [6.07, 6.45) is 7.13. The van der Waals surface area contributed by atoms with Crippen LogP contribution in [-0.2, 0) is 0 Å². The molecule has 0 atom stereocenters. The van der Waals surface area contributed by atoms with Crippen molar-refractivity contribution < 1.29 is 0 Å². The van der Waals surface area contributed by atoms with Crippen molar-refractivity contribution >= 4 is 34.9 Å². The summed E-state index contributed by atoms with van der Waals surface area (Å²) in [5, 5.41) is 3.69. The van der Waals surface area contributed by atoms with Crippen molar-refractivity contribution in [3.63, 3.8) is 0 Å². The number of hydrogen-bond acceptors (Lipinski definition) is 4. The second-order valence-electron chi connectivity index (χ2n) is 3.91. The third-order valence-electron chi connectivity index (χ3n) is 2.46. The smallest absolute Gasteiger partial charge is 0.150 e. The molecule has 5 heteroatoms. The third kappa shape index (κ3) is 6.03. The van der Waals surface area contributed by atoms with Crippen LogP contribution in [0, 0.1) is 0 Å². The van der Waals surface area contributed by atoms with E-state index in [1.54, 1.807) is 12.1 Å². The summed E-state index contributed by atoms with van der Waals surface area (Å²) in [7, 11) is 0. The van der Waals surface area contributed by atoms with E-state index >= 15 is 0 Å². The Morgan fingerprint density at radius 1 is 1.29 bits per heavy atom. The maximum Gasteiger partial charge on any atom is 0.150 e. The molecule has 17 heavy (non-hydrogen) atoms. The predicted octanol–water partition coefficient (Wildman–Crippen LogP) is 3.65. The van der Waals surface area contributed by atoms with Crippen LogP contribution in [0.15, 0.2) is 12.1 Å². The highest BCUT2D eigenvalue weighted by atomic mass is 35.5. The van der Waals surface area contributed by atoms with Gasteiger partial charge in [0, 0.05) is 6.54 Å². The highest BCUT2D eigenvalue weighted by molar-refractivity contribution is 7.98. The molecule has 0 bridgehead atoms. The molecule has 0 aromatic carbocycles. The zero-order chi connectivity index (χ0) is 12.5. The molecule has 0 aliphatic rings. The molecule has 3 nitrogen and oxygen atoms in total. The van der Waals surface area contributed by atoms with Gasteiger partial charge in [-0.1, -0.05) is 24.4 Å². The zero-order valence-electron chi connectivity index (χ0n) is 10.2. The van der Waals surface area contributed by atoms with Gasteiger partial charge in [0.05, 0.1) is 5.69 Å². The molecule has 1 rings (SSSR count). The van der Waals surface area contributed by atoms with Crippen LogP contribution in [0.2, 0.25) is 5.15 Å². The molecule has 0 spiro atoms. The van der Waals surface area contributed by atoms with Gasteiger partial charge in [0.15, 0.2) is 5.82 Å². The summed E-state index contributed by atoms with van der Waals surface area (Å²) < 4.78 is 0. The first kappa shape index (κ1) is 14.5. The van der Waals surface area contributed by atoms with Crippen LogP contribution in [-0.4, -0.2) is 23.5 Å². The molecular formula is C12H20ClN3S. The van der Waals surface area contributed by atoms with Crippen LogP contribution >= 0.6 is 23.4 Å². The lowest BCUT2D eigenvalue weighted by Crippen LogP contribution is -2.06. The molecule has 0 saturated heterocycles. The highest BCUT2D eigenvalue weighted by Crippen LogP contribution is 2.18. The quantitative estimate of drug-likeness (QED) is 0.561. The highest BCUT2D eigenvalue weighted by Gasteiger charge is 2.00. The van der Waals surface area contributed by atoms with Gasteiger partial charge in [0.25, 0.3) is 0 Å². The van der Waals surface area contributed by atoms with Crippen molar-refractivity contribution in [3.05, 3.63) is 17.3 Å². The molecule has 0 radical (unpaired) electrons. The number of halogens is 1. The summed E-state index contributed by atoms with van der Waals surface area (Å²) >= 11 is 7.71. The average molecular weight is 274 g/mol. The first-order valence-corrected chi connectivity index (χ1v) is 7.66. The SMILES string of the molecule is CSCCCCCCNc1nc(Cl)ccc1N. The largest absolute Gasteiger partial charge is 0.396 e. The topological polar surface area (TPSA) is 50.9 Å². The number of nitrogens with zero attached hydrogens (tertiary/aromatic N) is 1. The van der Waals surface area contributed by atoms with Gasteiger partial charge in [-0.25, -0.2) is 4.98 Å². The molecule has 96 valence electrons. The van der Waals surface area contributed by atoms with Gasteiger partial charge < -0.3 is 11.1 Å². The fourth-order valence-electron chi connectivity index (χ4n) is 1.52. The van der Waals surface area contributed by atoms with Crippen molar-refractivity contribution in [2.45, 2.75) is 25.7 Å². The van der Waals surface area contributed by atoms with E-state index in [1.807, 2.05) is 11.8 Å². The zero-order valence-corrected chi connectivity index (χ0v) is 11.8. The van der Waals surface area contributed by atoms with E-state index in [0.29, 0.717) is 16.7 Å². The van der Waals surface area contributed by atoms with E-state index in [2.05, 4.69) is 16.6 Å².